The lowest BCUT2D eigenvalue weighted by Gasteiger charge is -2.09. The third kappa shape index (κ3) is 3.38. The molecule has 5 nitrogen and oxygen atoms in total. The fourth-order valence-electron chi connectivity index (χ4n) is 1.81. The molecule has 0 fully saturated rings. The normalized spacial score (nSPS) is 10.8. The molecule has 0 atom stereocenters. The highest BCUT2D eigenvalue weighted by molar-refractivity contribution is 5.70. The van der Waals surface area contributed by atoms with Gasteiger partial charge in [-0.1, -0.05) is 0 Å². The van der Waals surface area contributed by atoms with Crippen molar-refractivity contribution in [2.75, 3.05) is 0 Å². The summed E-state index contributed by atoms with van der Waals surface area (Å²) in [6, 6.07) is 7.36. The topological polar surface area (TPSA) is 72.6 Å². The number of carboxylic acids is 1. The zero-order chi connectivity index (χ0) is 14.7. The van der Waals surface area contributed by atoms with Gasteiger partial charge in [-0.25, -0.2) is 4.98 Å². The molecule has 20 heavy (non-hydrogen) atoms. The van der Waals surface area contributed by atoms with E-state index in [1.807, 2.05) is 38.1 Å². The molecular weight excluding hydrogens is 258 g/mol. The van der Waals surface area contributed by atoms with E-state index < -0.39 is 5.97 Å². The second kappa shape index (κ2) is 5.77. The van der Waals surface area contributed by atoms with Crippen molar-refractivity contribution in [1.29, 1.82) is 0 Å². The van der Waals surface area contributed by atoms with Crippen LogP contribution in [0.1, 0.15) is 25.3 Å². The van der Waals surface area contributed by atoms with Crippen LogP contribution in [0.3, 0.4) is 0 Å². The van der Waals surface area contributed by atoms with Gasteiger partial charge in [0.1, 0.15) is 11.5 Å². The lowest BCUT2D eigenvalue weighted by atomic mass is 10.2. The number of oxazole rings is 1. The molecule has 5 heteroatoms. The minimum atomic E-state index is -0.923. The summed E-state index contributed by atoms with van der Waals surface area (Å²) in [4.78, 5) is 14.9. The number of aryl methyl sites for hydroxylation is 1. The highest BCUT2D eigenvalue weighted by Crippen LogP contribution is 2.24. The molecule has 0 aliphatic carbocycles. The summed E-state index contributed by atoms with van der Waals surface area (Å²) in [6.45, 7) is 5.64. The van der Waals surface area contributed by atoms with Crippen molar-refractivity contribution in [3.05, 3.63) is 35.7 Å². The summed E-state index contributed by atoms with van der Waals surface area (Å²) < 4.78 is 11.1. The van der Waals surface area contributed by atoms with Gasteiger partial charge in [-0.3, -0.25) is 4.79 Å². The standard InChI is InChI=1S/C15H17NO4/c1-9(2)19-12-6-4-11(5-7-12)15-16-13(8-14(17)18)10(3)20-15/h4-7,9H,8H2,1-3H3,(H,17,18). The average Bonchev–Trinajstić information content (AvgIpc) is 2.70. The monoisotopic (exact) mass is 275 g/mol. The van der Waals surface area contributed by atoms with Crippen LogP contribution < -0.4 is 4.74 Å². The second-order valence-corrected chi connectivity index (χ2v) is 4.78. The molecule has 0 radical (unpaired) electrons. The number of carboxylic acid groups (broad SMARTS) is 1. The Bertz CT molecular complexity index is 599. The fraction of sp³-hybridized carbons (Fsp3) is 0.333. The molecule has 106 valence electrons. The average molecular weight is 275 g/mol. The minimum Gasteiger partial charge on any atom is -0.491 e. The summed E-state index contributed by atoms with van der Waals surface area (Å²) in [5.41, 5.74) is 1.25. The van der Waals surface area contributed by atoms with Gasteiger partial charge in [0.05, 0.1) is 18.2 Å². The number of benzene rings is 1. The number of aromatic nitrogens is 1. The summed E-state index contributed by atoms with van der Waals surface area (Å²) in [5, 5.41) is 8.79. The summed E-state index contributed by atoms with van der Waals surface area (Å²) in [6.07, 6.45) is -0.0174. The lowest BCUT2D eigenvalue weighted by molar-refractivity contribution is -0.136. The molecule has 1 aromatic heterocycles. The molecule has 0 saturated carbocycles. The molecule has 1 heterocycles. The van der Waals surface area contributed by atoms with Crippen LogP contribution in [-0.2, 0) is 11.2 Å². The summed E-state index contributed by atoms with van der Waals surface area (Å²) >= 11 is 0. The van der Waals surface area contributed by atoms with E-state index in [1.54, 1.807) is 6.92 Å². The van der Waals surface area contributed by atoms with E-state index in [0.29, 0.717) is 17.3 Å². The maximum absolute atomic E-state index is 10.7. The SMILES string of the molecule is Cc1oc(-c2ccc(OC(C)C)cc2)nc1CC(=O)O. The molecule has 2 aromatic rings. The van der Waals surface area contributed by atoms with Crippen molar-refractivity contribution in [2.24, 2.45) is 0 Å². The van der Waals surface area contributed by atoms with E-state index in [9.17, 15) is 4.79 Å². The van der Waals surface area contributed by atoms with Crippen LogP contribution in [0.25, 0.3) is 11.5 Å². The van der Waals surface area contributed by atoms with Crippen molar-refractivity contribution in [2.45, 2.75) is 33.3 Å². The van der Waals surface area contributed by atoms with E-state index in [0.717, 1.165) is 11.3 Å². The van der Waals surface area contributed by atoms with Crippen molar-refractivity contribution >= 4 is 5.97 Å². The number of rotatable bonds is 5. The largest absolute Gasteiger partial charge is 0.491 e. The van der Waals surface area contributed by atoms with Crippen LogP contribution in [0.2, 0.25) is 0 Å². The van der Waals surface area contributed by atoms with Gasteiger partial charge < -0.3 is 14.3 Å². The lowest BCUT2D eigenvalue weighted by Crippen LogP contribution is -2.05. The summed E-state index contributed by atoms with van der Waals surface area (Å²) in [7, 11) is 0. The van der Waals surface area contributed by atoms with Crippen molar-refractivity contribution in [3.63, 3.8) is 0 Å². The Kier molecular flexibility index (Phi) is 4.08. The molecule has 2 rings (SSSR count). The smallest absolute Gasteiger partial charge is 0.309 e. The number of hydrogen-bond acceptors (Lipinski definition) is 4. The van der Waals surface area contributed by atoms with Gasteiger partial charge in [-0.15, -0.1) is 0 Å². The third-order valence-corrected chi connectivity index (χ3v) is 2.68. The highest BCUT2D eigenvalue weighted by atomic mass is 16.5. The molecule has 1 aromatic carbocycles. The number of carbonyl (C=O) groups is 1. The van der Waals surface area contributed by atoms with E-state index in [4.69, 9.17) is 14.3 Å². The number of ether oxygens (including phenoxy) is 1. The summed E-state index contributed by atoms with van der Waals surface area (Å²) in [5.74, 6) is 0.811. The first-order valence-electron chi connectivity index (χ1n) is 6.41. The molecule has 0 bridgehead atoms. The Morgan fingerprint density at radius 2 is 2.00 bits per heavy atom. The predicted molar refractivity (Wildman–Crippen MR) is 73.8 cm³/mol. The number of hydrogen-bond donors (Lipinski definition) is 1. The maximum Gasteiger partial charge on any atom is 0.309 e. The first kappa shape index (κ1) is 14.1. The number of aliphatic carboxylic acids is 1. The first-order valence-corrected chi connectivity index (χ1v) is 6.41. The fourth-order valence-corrected chi connectivity index (χ4v) is 1.81. The van der Waals surface area contributed by atoms with E-state index in [1.165, 1.54) is 0 Å². The number of nitrogens with zero attached hydrogens (tertiary/aromatic N) is 1. The molecule has 0 spiro atoms. The van der Waals surface area contributed by atoms with Gasteiger partial charge >= 0.3 is 5.97 Å². The van der Waals surface area contributed by atoms with Gasteiger partial charge in [0.25, 0.3) is 0 Å². The predicted octanol–water partition coefficient (Wildman–Crippen LogP) is 3.06. The molecule has 0 unspecified atom stereocenters. The van der Waals surface area contributed by atoms with E-state index in [2.05, 4.69) is 4.98 Å². The van der Waals surface area contributed by atoms with Gasteiger partial charge in [0.2, 0.25) is 5.89 Å². The molecule has 0 amide bonds. The molecular formula is C15H17NO4. The van der Waals surface area contributed by atoms with Crippen molar-refractivity contribution in [1.82, 2.24) is 4.98 Å². The van der Waals surface area contributed by atoms with Crippen LogP contribution >= 0.6 is 0 Å². The molecule has 0 saturated heterocycles. The van der Waals surface area contributed by atoms with Crippen LogP contribution in [0.5, 0.6) is 5.75 Å². The Morgan fingerprint density at radius 1 is 1.35 bits per heavy atom. The molecule has 0 aliphatic heterocycles. The van der Waals surface area contributed by atoms with Gasteiger partial charge in [-0.05, 0) is 45.0 Å². The Morgan fingerprint density at radius 3 is 2.55 bits per heavy atom. The van der Waals surface area contributed by atoms with Crippen LogP contribution in [0, 0.1) is 6.92 Å². The Balaban J connectivity index is 2.21. The zero-order valence-corrected chi connectivity index (χ0v) is 11.7. The van der Waals surface area contributed by atoms with Gasteiger partial charge in [-0.2, -0.15) is 0 Å². The third-order valence-electron chi connectivity index (χ3n) is 2.68. The zero-order valence-electron chi connectivity index (χ0n) is 11.7. The Labute approximate surface area is 117 Å². The first-order chi connectivity index (χ1) is 9.45. The second-order valence-electron chi connectivity index (χ2n) is 4.78. The minimum absolute atomic E-state index is 0.118. The maximum atomic E-state index is 10.7. The Hall–Kier alpha value is -2.30. The van der Waals surface area contributed by atoms with Crippen molar-refractivity contribution < 1.29 is 19.1 Å². The van der Waals surface area contributed by atoms with Gasteiger partial charge in [0.15, 0.2) is 0 Å². The molecule has 0 aliphatic rings. The van der Waals surface area contributed by atoms with E-state index in [-0.39, 0.29) is 12.5 Å². The van der Waals surface area contributed by atoms with Gasteiger partial charge in [0, 0.05) is 5.56 Å². The van der Waals surface area contributed by atoms with E-state index >= 15 is 0 Å². The van der Waals surface area contributed by atoms with Crippen LogP contribution in [-0.4, -0.2) is 22.2 Å². The molecule has 1 N–H and O–H groups in total. The highest BCUT2D eigenvalue weighted by Gasteiger charge is 2.14. The quantitative estimate of drug-likeness (QED) is 0.907. The van der Waals surface area contributed by atoms with Crippen LogP contribution in [0.15, 0.2) is 28.7 Å². The van der Waals surface area contributed by atoms with Crippen LogP contribution in [0.4, 0.5) is 0 Å². The van der Waals surface area contributed by atoms with Crippen molar-refractivity contribution in [3.8, 4) is 17.2 Å².